The molecule has 4 unspecified atom stereocenters. The third-order valence-electron chi connectivity index (χ3n) is 5.64. The quantitative estimate of drug-likeness (QED) is 0.441. The van der Waals surface area contributed by atoms with E-state index in [1.807, 2.05) is 6.92 Å². The van der Waals surface area contributed by atoms with Crippen molar-refractivity contribution in [2.75, 3.05) is 13.7 Å². The van der Waals surface area contributed by atoms with Crippen molar-refractivity contribution >= 4 is 18.0 Å². The monoisotopic (exact) mass is 345 g/mol. The highest BCUT2D eigenvalue weighted by Gasteiger charge is 2.54. The van der Waals surface area contributed by atoms with Crippen LogP contribution in [0.1, 0.15) is 31.6 Å². The van der Waals surface area contributed by atoms with Crippen molar-refractivity contribution in [3.05, 3.63) is 35.3 Å². The molecule has 4 atom stereocenters. The summed E-state index contributed by atoms with van der Waals surface area (Å²) in [5, 5.41) is 0. The average molecular weight is 345 g/mol. The number of hydrogen-bond acceptors (Lipinski definition) is 6. The molecule has 0 aromatic carbocycles. The Kier molecular flexibility index (Phi) is 3.67. The average Bonchev–Trinajstić information content (AvgIpc) is 3.22. The number of cyclic esters (lactones) is 2. The Morgan fingerprint density at radius 2 is 2.08 bits per heavy atom. The van der Waals surface area contributed by atoms with Gasteiger partial charge in [-0.05, 0) is 43.4 Å². The van der Waals surface area contributed by atoms with Crippen molar-refractivity contribution in [3.63, 3.8) is 0 Å². The SMILES string of the molecule is COC(=O)N1CC2=C(C)CC3C(=O)OC(=O)C3C2CC1c1ccco1. The van der Waals surface area contributed by atoms with E-state index in [9.17, 15) is 14.4 Å². The highest BCUT2D eigenvalue weighted by molar-refractivity contribution is 5.97. The molecule has 3 aliphatic rings. The molecule has 0 spiro atoms. The van der Waals surface area contributed by atoms with Crippen molar-refractivity contribution in [2.24, 2.45) is 17.8 Å². The van der Waals surface area contributed by atoms with E-state index in [-0.39, 0.29) is 12.0 Å². The molecule has 2 saturated heterocycles. The molecular formula is C18H19NO6. The van der Waals surface area contributed by atoms with Crippen LogP contribution in [0.15, 0.2) is 34.0 Å². The highest BCUT2D eigenvalue weighted by atomic mass is 16.6. The van der Waals surface area contributed by atoms with Crippen molar-refractivity contribution < 1.29 is 28.3 Å². The molecular weight excluding hydrogens is 326 g/mol. The largest absolute Gasteiger partial charge is 0.467 e. The van der Waals surface area contributed by atoms with Gasteiger partial charge in [-0.1, -0.05) is 5.57 Å². The Labute approximate surface area is 144 Å². The lowest BCUT2D eigenvalue weighted by Gasteiger charge is -2.44. The number of fused-ring (bicyclic) bond motifs is 3. The van der Waals surface area contributed by atoms with Gasteiger partial charge in [0.15, 0.2) is 0 Å². The van der Waals surface area contributed by atoms with Crippen LogP contribution >= 0.6 is 0 Å². The summed E-state index contributed by atoms with van der Waals surface area (Å²) in [4.78, 5) is 38.2. The minimum Gasteiger partial charge on any atom is -0.467 e. The van der Waals surface area contributed by atoms with E-state index in [4.69, 9.17) is 13.9 Å². The molecule has 0 N–H and O–H groups in total. The molecule has 0 bridgehead atoms. The standard InChI is InChI=1S/C18H19NO6/c1-9-6-11-15(17(21)25-16(11)20)10-7-13(14-4-3-5-24-14)19(8-12(9)10)18(22)23-2/h3-5,10-11,13,15H,6-8H2,1-2H3. The topological polar surface area (TPSA) is 86.0 Å². The fraction of sp³-hybridized carbons (Fsp3) is 0.500. The van der Waals surface area contributed by atoms with Crippen molar-refractivity contribution in [1.82, 2.24) is 4.90 Å². The van der Waals surface area contributed by atoms with Gasteiger partial charge in [-0.25, -0.2) is 4.79 Å². The number of furan rings is 1. The zero-order valence-electron chi connectivity index (χ0n) is 14.1. The van der Waals surface area contributed by atoms with E-state index in [1.54, 1.807) is 23.3 Å². The molecule has 25 heavy (non-hydrogen) atoms. The van der Waals surface area contributed by atoms with Gasteiger partial charge < -0.3 is 13.9 Å². The summed E-state index contributed by atoms with van der Waals surface area (Å²) < 4.78 is 15.3. The summed E-state index contributed by atoms with van der Waals surface area (Å²) in [5.74, 6) is -1.25. The number of piperidine rings is 1. The molecule has 1 aromatic heterocycles. The molecule has 1 aliphatic carbocycles. The van der Waals surface area contributed by atoms with Crippen molar-refractivity contribution in [3.8, 4) is 0 Å². The Hall–Kier alpha value is -2.57. The second-order valence-corrected chi connectivity index (χ2v) is 6.85. The summed E-state index contributed by atoms with van der Waals surface area (Å²) in [5.41, 5.74) is 2.07. The third kappa shape index (κ3) is 2.37. The van der Waals surface area contributed by atoms with E-state index in [2.05, 4.69) is 0 Å². The Morgan fingerprint density at radius 3 is 2.76 bits per heavy atom. The normalized spacial score (nSPS) is 31.5. The van der Waals surface area contributed by atoms with E-state index < -0.39 is 29.9 Å². The van der Waals surface area contributed by atoms with Gasteiger partial charge >= 0.3 is 18.0 Å². The molecule has 1 amide bonds. The molecule has 7 nitrogen and oxygen atoms in total. The Balaban J connectivity index is 1.75. The van der Waals surface area contributed by atoms with Crippen LogP contribution in [0.3, 0.4) is 0 Å². The smallest absolute Gasteiger partial charge is 0.410 e. The number of likely N-dealkylation sites (tertiary alicyclic amines) is 1. The fourth-order valence-corrected chi connectivity index (χ4v) is 4.47. The predicted molar refractivity (Wildman–Crippen MR) is 84.1 cm³/mol. The first-order chi connectivity index (χ1) is 12.0. The third-order valence-corrected chi connectivity index (χ3v) is 5.64. The molecule has 2 fully saturated rings. The van der Waals surface area contributed by atoms with Crippen LogP contribution in [0.2, 0.25) is 0 Å². The number of nitrogens with zero attached hydrogens (tertiary/aromatic N) is 1. The number of hydrogen-bond donors (Lipinski definition) is 0. The van der Waals surface area contributed by atoms with E-state index in [1.165, 1.54) is 7.11 Å². The van der Waals surface area contributed by atoms with E-state index in [0.717, 1.165) is 11.1 Å². The first-order valence-corrected chi connectivity index (χ1v) is 8.33. The fourth-order valence-electron chi connectivity index (χ4n) is 4.47. The molecule has 7 heteroatoms. The van der Waals surface area contributed by atoms with Crippen LogP contribution in [-0.2, 0) is 19.1 Å². The van der Waals surface area contributed by atoms with Gasteiger partial charge in [0.2, 0.25) is 0 Å². The first-order valence-electron chi connectivity index (χ1n) is 8.33. The zero-order chi connectivity index (χ0) is 17.7. The lowest BCUT2D eigenvalue weighted by molar-refractivity contribution is -0.154. The number of amides is 1. The lowest BCUT2D eigenvalue weighted by atomic mass is 9.66. The van der Waals surface area contributed by atoms with Crippen molar-refractivity contribution in [2.45, 2.75) is 25.8 Å². The van der Waals surface area contributed by atoms with E-state index >= 15 is 0 Å². The lowest BCUT2D eigenvalue weighted by Crippen LogP contribution is -2.47. The van der Waals surface area contributed by atoms with Gasteiger partial charge in [0.05, 0.1) is 31.3 Å². The highest BCUT2D eigenvalue weighted by Crippen LogP contribution is 2.50. The van der Waals surface area contributed by atoms with Crippen LogP contribution in [0.5, 0.6) is 0 Å². The van der Waals surface area contributed by atoms with Gasteiger partial charge in [-0.2, -0.15) is 0 Å². The summed E-state index contributed by atoms with van der Waals surface area (Å²) in [6.45, 7) is 2.32. The maximum Gasteiger partial charge on any atom is 0.410 e. The predicted octanol–water partition coefficient (Wildman–Crippen LogP) is 2.45. The second kappa shape index (κ2) is 5.75. The number of esters is 2. The van der Waals surface area contributed by atoms with Gasteiger partial charge in [-0.3, -0.25) is 14.5 Å². The number of carbonyl (C=O) groups excluding carboxylic acids is 3. The summed E-state index contributed by atoms with van der Waals surface area (Å²) in [7, 11) is 1.35. The maximum absolute atomic E-state index is 12.3. The van der Waals surface area contributed by atoms with Gasteiger partial charge in [-0.15, -0.1) is 0 Å². The number of allylic oxidation sites excluding steroid dienone is 1. The number of ether oxygens (including phenoxy) is 2. The summed E-state index contributed by atoms with van der Waals surface area (Å²) >= 11 is 0. The Morgan fingerprint density at radius 1 is 1.28 bits per heavy atom. The van der Waals surface area contributed by atoms with Gasteiger partial charge in [0, 0.05) is 6.54 Å². The first kappa shape index (κ1) is 15.9. The van der Waals surface area contributed by atoms with Crippen LogP contribution < -0.4 is 0 Å². The number of methoxy groups -OCH3 is 1. The van der Waals surface area contributed by atoms with Crippen LogP contribution in [0.4, 0.5) is 4.79 Å². The summed E-state index contributed by atoms with van der Waals surface area (Å²) in [6, 6.07) is 3.23. The molecule has 0 saturated carbocycles. The minimum absolute atomic E-state index is 0.131. The molecule has 1 aromatic rings. The Bertz CT molecular complexity index is 765. The molecule has 0 radical (unpaired) electrons. The maximum atomic E-state index is 12.3. The van der Waals surface area contributed by atoms with Crippen LogP contribution in [-0.4, -0.2) is 36.6 Å². The minimum atomic E-state index is -0.469. The van der Waals surface area contributed by atoms with Crippen LogP contribution in [0, 0.1) is 17.8 Å². The van der Waals surface area contributed by atoms with Crippen molar-refractivity contribution in [1.29, 1.82) is 0 Å². The number of rotatable bonds is 1. The number of carbonyl (C=O) groups is 3. The molecule has 4 rings (SSSR count). The van der Waals surface area contributed by atoms with Crippen LogP contribution in [0.25, 0.3) is 0 Å². The van der Waals surface area contributed by atoms with Gasteiger partial charge in [0.1, 0.15) is 5.76 Å². The molecule has 132 valence electrons. The molecule has 2 aliphatic heterocycles. The summed E-state index contributed by atoms with van der Waals surface area (Å²) in [6.07, 6.45) is 2.12. The molecule has 3 heterocycles. The second-order valence-electron chi connectivity index (χ2n) is 6.85. The zero-order valence-corrected chi connectivity index (χ0v) is 14.1. The van der Waals surface area contributed by atoms with E-state index in [0.29, 0.717) is 25.1 Å². The van der Waals surface area contributed by atoms with Gasteiger partial charge in [0.25, 0.3) is 0 Å².